The first kappa shape index (κ1) is 11.6. The Hall–Kier alpha value is -0.830. The first-order valence-corrected chi connectivity index (χ1v) is 6.21. The smallest absolute Gasteiger partial charge is 0.140 e. The molecular weight excluding hydrogens is 200 g/mol. The zero-order valence-corrected chi connectivity index (χ0v) is 10.5. The highest BCUT2D eigenvalue weighted by Crippen LogP contribution is 2.48. The van der Waals surface area contributed by atoms with Gasteiger partial charge in [-0.3, -0.25) is 0 Å². The van der Waals surface area contributed by atoms with Crippen molar-refractivity contribution in [3.63, 3.8) is 0 Å². The van der Waals surface area contributed by atoms with Gasteiger partial charge in [0.1, 0.15) is 11.4 Å². The highest BCUT2D eigenvalue weighted by Gasteiger charge is 2.45. The summed E-state index contributed by atoms with van der Waals surface area (Å²) in [5, 5.41) is 10.7. The molecule has 1 aromatic heterocycles. The van der Waals surface area contributed by atoms with E-state index in [1.807, 2.05) is 6.20 Å². The van der Waals surface area contributed by atoms with E-state index in [2.05, 4.69) is 30.3 Å². The topological polar surface area (TPSA) is 38.0 Å². The van der Waals surface area contributed by atoms with E-state index in [4.69, 9.17) is 0 Å². The summed E-state index contributed by atoms with van der Waals surface area (Å²) < 4.78 is 2.10. The first-order chi connectivity index (χ1) is 7.47. The van der Waals surface area contributed by atoms with E-state index in [0.29, 0.717) is 0 Å². The predicted octanol–water partition coefficient (Wildman–Crippen LogP) is 2.69. The van der Waals surface area contributed by atoms with Crippen molar-refractivity contribution in [2.45, 2.75) is 58.6 Å². The third-order valence-electron chi connectivity index (χ3n) is 3.58. The summed E-state index contributed by atoms with van der Waals surface area (Å²) in [4.78, 5) is 4.37. The van der Waals surface area contributed by atoms with Crippen molar-refractivity contribution >= 4 is 0 Å². The van der Waals surface area contributed by atoms with E-state index in [9.17, 15) is 5.11 Å². The number of imidazole rings is 1. The molecule has 1 N–H and O–H groups in total. The van der Waals surface area contributed by atoms with Gasteiger partial charge < -0.3 is 9.67 Å². The molecule has 3 heteroatoms. The van der Waals surface area contributed by atoms with Crippen LogP contribution in [-0.2, 0) is 12.1 Å². The molecule has 1 atom stereocenters. The number of aryl methyl sites for hydroxylation is 1. The van der Waals surface area contributed by atoms with Crippen LogP contribution in [0.4, 0.5) is 0 Å². The van der Waals surface area contributed by atoms with Crippen molar-refractivity contribution < 1.29 is 5.11 Å². The van der Waals surface area contributed by atoms with Crippen molar-refractivity contribution in [2.24, 2.45) is 5.41 Å². The molecule has 1 aromatic rings. The normalized spacial score (nSPS) is 28.5. The SMILES string of the molecule is CCCn1ccnc1C1(O)CCC(C)(C)C1. The molecule has 1 unspecified atom stereocenters. The van der Waals surface area contributed by atoms with Crippen LogP contribution >= 0.6 is 0 Å². The molecule has 90 valence electrons. The minimum Gasteiger partial charge on any atom is -0.382 e. The maximum atomic E-state index is 10.7. The fourth-order valence-corrected chi connectivity index (χ4v) is 2.84. The van der Waals surface area contributed by atoms with E-state index in [-0.39, 0.29) is 5.41 Å². The molecular formula is C13H22N2O. The number of nitrogens with zero attached hydrogens (tertiary/aromatic N) is 2. The Balaban J connectivity index is 2.26. The maximum Gasteiger partial charge on any atom is 0.140 e. The van der Waals surface area contributed by atoms with Gasteiger partial charge >= 0.3 is 0 Å². The molecule has 1 heterocycles. The molecule has 0 spiro atoms. The van der Waals surface area contributed by atoms with Gasteiger partial charge in [0.2, 0.25) is 0 Å². The Morgan fingerprint density at radius 3 is 2.75 bits per heavy atom. The Bertz CT molecular complexity index is 370. The van der Waals surface area contributed by atoms with Crippen molar-refractivity contribution in [2.75, 3.05) is 0 Å². The largest absolute Gasteiger partial charge is 0.382 e. The minimum atomic E-state index is -0.706. The second-order valence-corrected chi connectivity index (χ2v) is 5.82. The highest BCUT2D eigenvalue weighted by molar-refractivity contribution is 5.10. The molecule has 0 saturated heterocycles. The zero-order chi connectivity index (χ0) is 11.8. The van der Waals surface area contributed by atoms with Crippen LogP contribution in [0.5, 0.6) is 0 Å². The predicted molar refractivity (Wildman–Crippen MR) is 64.0 cm³/mol. The van der Waals surface area contributed by atoms with Crippen LogP contribution in [0.3, 0.4) is 0 Å². The molecule has 1 aliphatic carbocycles. The molecule has 3 nitrogen and oxygen atoms in total. The van der Waals surface area contributed by atoms with E-state index in [1.54, 1.807) is 6.20 Å². The third kappa shape index (κ3) is 2.01. The van der Waals surface area contributed by atoms with Crippen LogP contribution < -0.4 is 0 Å². The lowest BCUT2D eigenvalue weighted by molar-refractivity contribution is 0.0213. The number of rotatable bonds is 3. The molecule has 0 amide bonds. The monoisotopic (exact) mass is 222 g/mol. The summed E-state index contributed by atoms with van der Waals surface area (Å²) in [7, 11) is 0. The Kier molecular flexibility index (Phi) is 2.82. The second kappa shape index (κ2) is 3.88. The van der Waals surface area contributed by atoms with E-state index in [1.165, 1.54) is 0 Å². The Labute approximate surface area is 97.5 Å². The van der Waals surface area contributed by atoms with Gasteiger partial charge in [-0.1, -0.05) is 20.8 Å². The van der Waals surface area contributed by atoms with Crippen LogP contribution in [0, 0.1) is 5.41 Å². The van der Waals surface area contributed by atoms with Crippen LogP contribution in [0.15, 0.2) is 12.4 Å². The summed E-state index contributed by atoms with van der Waals surface area (Å²) in [6.07, 6.45) is 7.57. The van der Waals surface area contributed by atoms with Gasteiger partial charge in [-0.2, -0.15) is 0 Å². The Morgan fingerprint density at radius 2 is 2.19 bits per heavy atom. The molecule has 1 aliphatic rings. The number of hydrogen-bond acceptors (Lipinski definition) is 2. The number of aromatic nitrogens is 2. The lowest BCUT2D eigenvalue weighted by Gasteiger charge is -2.25. The fourth-order valence-electron chi connectivity index (χ4n) is 2.84. The molecule has 0 radical (unpaired) electrons. The van der Waals surface area contributed by atoms with Crippen LogP contribution in [0.1, 0.15) is 52.3 Å². The van der Waals surface area contributed by atoms with Gasteiger partial charge in [0.15, 0.2) is 0 Å². The molecule has 0 bridgehead atoms. The van der Waals surface area contributed by atoms with E-state index in [0.717, 1.165) is 38.1 Å². The fraction of sp³-hybridized carbons (Fsp3) is 0.769. The first-order valence-electron chi connectivity index (χ1n) is 6.21. The van der Waals surface area contributed by atoms with Crippen LogP contribution in [0.25, 0.3) is 0 Å². The summed E-state index contributed by atoms with van der Waals surface area (Å²) in [5.41, 5.74) is -0.472. The molecule has 1 saturated carbocycles. The molecule has 2 rings (SSSR count). The summed E-state index contributed by atoms with van der Waals surface area (Å²) in [6, 6.07) is 0. The van der Waals surface area contributed by atoms with Gasteiger partial charge in [0.25, 0.3) is 0 Å². The molecule has 0 aromatic carbocycles. The van der Waals surface area contributed by atoms with Crippen molar-refractivity contribution in [1.29, 1.82) is 0 Å². The van der Waals surface area contributed by atoms with E-state index < -0.39 is 5.60 Å². The Morgan fingerprint density at radius 1 is 1.44 bits per heavy atom. The van der Waals surface area contributed by atoms with E-state index >= 15 is 0 Å². The lowest BCUT2D eigenvalue weighted by Crippen LogP contribution is -2.28. The number of hydrogen-bond donors (Lipinski definition) is 1. The lowest BCUT2D eigenvalue weighted by atomic mass is 9.89. The summed E-state index contributed by atoms with van der Waals surface area (Å²) in [5.74, 6) is 0.861. The summed E-state index contributed by atoms with van der Waals surface area (Å²) >= 11 is 0. The average molecular weight is 222 g/mol. The standard InChI is InChI=1S/C13H22N2O/c1-4-8-15-9-7-14-11(15)13(16)6-5-12(2,3)10-13/h7,9,16H,4-6,8,10H2,1-3H3. The summed E-state index contributed by atoms with van der Waals surface area (Å²) in [6.45, 7) is 7.53. The van der Waals surface area contributed by atoms with Gasteiger partial charge in [0, 0.05) is 18.9 Å². The molecule has 16 heavy (non-hydrogen) atoms. The van der Waals surface area contributed by atoms with Crippen molar-refractivity contribution in [3.05, 3.63) is 18.2 Å². The highest BCUT2D eigenvalue weighted by atomic mass is 16.3. The van der Waals surface area contributed by atoms with Crippen molar-refractivity contribution in [3.8, 4) is 0 Å². The van der Waals surface area contributed by atoms with Gasteiger partial charge in [-0.05, 0) is 31.1 Å². The quantitative estimate of drug-likeness (QED) is 0.854. The van der Waals surface area contributed by atoms with Crippen LogP contribution in [0.2, 0.25) is 0 Å². The minimum absolute atomic E-state index is 0.234. The van der Waals surface area contributed by atoms with Crippen molar-refractivity contribution in [1.82, 2.24) is 9.55 Å². The second-order valence-electron chi connectivity index (χ2n) is 5.82. The zero-order valence-electron chi connectivity index (χ0n) is 10.5. The third-order valence-corrected chi connectivity index (χ3v) is 3.58. The van der Waals surface area contributed by atoms with Crippen LogP contribution in [-0.4, -0.2) is 14.7 Å². The molecule has 0 aliphatic heterocycles. The number of aliphatic hydroxyl groups is 1. The maximum absolute atomic E-state index is 10.7. The molecule has 1 fully saturated rings. The van der Waals surface area contributed by atoms with Gasteiger partial charge in [0.05, 0.1) is 0 Å². The average Bonchev–Trinajstić information content (AvgIpc) is 2.73. The van der Waals surface area contributed by atoms with Gasteiger partial charge in [-0.25, -0.2) is 4.98 Å². The van der Waals surface area contributed by atoms with Gasteiger partial charge in [-0.15, -0.1) is 0 Å².